The number of hydrogen-bond donors (Lipinski definition) is 1. The van der Waals surface area contributed by atoms with Crippen LogP contribution in [0.15, 0.2) is 36.5 Å². The maximum atomic E-state index is 13.6. The summed E-state index contributed by atoms with van der Waals surface area (Å²) in [5.74, 6) is -1.86. The molecule has 0 unspecified atom stereocenters. The van der Waals surface area contributed by atoms with Crippen molar-refractivity contribution in [1.82, 2.24) is 9.38 Å². The van der Waals surface area contributed by atoms with Gasteiger partial charge in [0.1, 0.15) is 23.0 Å². The number of fused-ring (bicyclic) bond motifs is 1. The Labute approximate surface area is 125 Å². The molecule has 112 valence electrons. The zero-order valence-corrected chi connectivity index (χ0v) is 12.0. The average Bonchev–Trinajstić information content (AvgIpc) is 2.80. The van der Waals surface area contributed by atoms with Gasteiger partial charge in [0.2, 0.25) is 0 Å². The number of nitrogens with one attached hydrogen (secondary N) is 1. The van der Waals surface area contributed by atoms with Crippen LogP contribution < -0.4 is 5.32 Å². The third-order valence-electron chi connectivity index (χ3n) is 3.41. The second-order valence-corrected chi connectivity index (χ2v) is 5.01. The van der Waals surface area contributed by atoms with E-state index in [2.05, 4.69) is 10.3 Å². The summed E-state index contributed by atoms with van der Waals surface area (Å²) < 4.78 is 28.5. The Morgan fingerprint density at radius 3 is 2.77 bits per heavy atom. The van der Waals surface area contributed by atoms with Gasteiger partial charge < -0.3 is 5.32 Å². The van der Waals surface area contributed by atoms with Crippen molar-refractivity contribution >= 4 is 17.2 Å². The highest BCUT2D eigenvalue weighted by Crippen LogP contribution is 2.19. The molecule has 0 bridgehead atoms. The van der Waals surface area contributed by atoms with Gasteiger partial charge in [0.15, 0.2) is 0 Å². The van der Waals surface area contributed by atoms with E-state index >= 15 is 0 Å². The molecule has 2 aromatic heterocycles. The average molecular weight is 301 g/mol. The van der Waals surface area contributed by atoms with Crippen molar-refractivity contribution in [2.75, 3.05) is 5.32 Å². The molecule has 3 aromatic rings. The molecule has 0 atom stereocenters. The molecule has 0 saturated heterocycles. The SMILES string of the molecule is Cc1nc2c(C)cccn2c1C(=O)Nc1cc(F)ccc1F. The Morgan fingerprint density at radius 2 is 2.00 bits per heavy atom. The third kappa shape index (κ3) is 2.32. The van der Waals surface area contributed by atoms with E-state index in [4.69, 9.17) is 0 Å². The number of hydrogen-bond acceptors (Lipinski definition) is 2. The van der Waals surface area contributed by atoms with Crippen molar-refractivity contribution in [2.24, 2.45) is 0 Å². The molecular formula is C16H13F2N3O. The topological polar surface area (TPSA) is 46.4 Å². The second-order valence-electron chi connectivity index (χ2n) is 5.01. The normalized spacial score (nSPS) is 10.9. The number of rotatable bonds is 2. The summed E-state index contributed by atoms with van der Waals surface area (Å²) in [5.41, 5.74) is 2.18. The van der Waals surface area contributed by atoms with E-state index < -0.39 is 17.5 Å². The smallest absolute Gasteiger partial charge is 0.274 e. The maximum absolute atomic E-state index is 13.6. The van der Waals surface area contributed by atoms with Crippen molar-refractivity contribution in [3.8, 4) is 0 Å². The standard InChI is InChI=1S/C16H13F2N3O/c1-9-4-3-7-21-14(10(2)19-15(9)21)16(22)20-13-8-11(17)5-6-12(13)18/h3-8H,1-2H3,(H,20,22). The molecule has 0 aliphatic rings. The fourth-order valence-corrected chi connectivity index (χ4v) is 2.37. The predicted molar refractivity (Wildman–Crippen MR) is 79.0 cm³/mol. The number of aromatic nitrogens is 2. The number of amides is 1. The Bertz CT molecular complexity index is 886. The van der Waals surface area contributed by atoms with Crippen LogP contribution in [0.1, 0.15) is 21.7 Å². The fourth-order valence-electron chi connectivity index (χ4n) is 2.37. The number of benzene rings is 1. The zero-order chi connectivity index (χ0) is 15.9. The summed E-state index contributed by atoms with van der Waals surface area (Å²) in [6.45, 7) is 3.58. The van der Waals surface area contributed by atoms with Gasteiger partial charge in [-0.3, -0.25) is 9.20 Å². The first kappa shape index (κ1) is 14.2. The maximum Gasteiger partial charge on any atom is 0.274 e. The second kappa shape index (κ2) is 5.22. The van der Waals surface area contributed by atoms with Crippen molar-refractivity contribution in [3.63, 3.8) is 0 Å². The Kier molecular flexibility index (Phi) is 3.36. The van der Waals surface area contributed by atoms with Crippen LogP contribution in [0.5, 0.6) is 0 Å². The van der Waals surface area contributed by atoms with Gasteiger partial charge >= 0.3 is 0 Å². The van der Waals surface area contributed by atoms with Gasteiger partial charge in [-0.1, -0.05) is 6.07 Å². The molecule has 4 nitrogen and oxygen atoms in total. The number of carbonyl (C=O) groups excluding carboxylic acids is 1. The van der Waals surface area contributed by atoms with Gasteiger partial charge in [0.25, 0.3) is 5.91 Å². The van der Waals surface area contributed by atoms with E-state index in [0.29, 0.717) is 17.0 Å². The molecule has 0 fully saturated rings. The van der Waals surface area contributed by atoms with Crippen molar-refractivity contribution in [2.45, 2.75) is 13.8 Å². The van der Waals surface area contributed by atoms with E-state index in [9.17, 15) is 13.6 Å². The first-order valence-corrected chi connectivity index (χ1v) is 6.68. The first-order chi connectivity index (χ1) is 10.5. The summed E-state index contributed by atoms with van der Waals surface area (Å²) in [7, 11) is 0. The van der Waals surface area contributed by atoms with E-state index in [1.54, 1.807) is 23.6 Å². The van der Waals surface area contributed by atoms with Crippen molar-refractivity contribution < 1.29 is 13.6 Å². The molecule has 0 spiro atoms. The molecule has 1 aromatic carbocycles. The minimum atomic E-state index is -0.697. The van der Waals surface area contributed by atoms with Gasteiger partial charge in [-0.15, -0.1) is 0 Å². The Hall–Kier alpha value is -2.76. The van der Waals surface area contributed by atoms with Crippen LogP contribution in [0.4, 0.5) is 14.5 Å². The minimum absolute atomic E-state index is 0.202. The third-order valence-corrected chi connectivity index (χ3v) is 3.41. The predicted octanol–water partition coefficient (Wildman–Crippen LogP) is 3.48. The quantitative estimate of drug-likeness (QED) is 0.787. The lowest BCUT2D eigenvalue weighted by Gasteiger charge is -2.07. The number of anilines is 1. The first-order valence-electron chi connectivity index (χ1n) is 6.68. The van der Waals surface area contributed by atoms with Crippen LogP contribution in [0.3, 0.4) is 0 Å². The number of pyridine rings is 1. The number of nitrogens with zero attached hydrogens (tertiary/aromatic N) is 2. The molecule has 22 heavy (non-hydrogen) atoms. The Balaban J connectivity index is 2.04. The molecule has 0 aliphatic heterocycles. The van der Waals surface area contributed by atoms with Gasteiger partial charge in [0.05, 0.1) is 11.4 Å². The largest absolute Gasteiger partial charge is 0.318 e. The monoisotopic (exact) mass is 301 g/mol. The summed E-state index contributed by atoms with van der Waals surface area (Å²) >= 11 is 0. The van der Waals surface area contributed by atoms with Crippen LogP contribution in [0, 0.1) is 25.5 Å². The number of carbonyl (C=O) groups is 1. The van der Waals surface area contributed by atoms with E-state index in [0.717, 1.165) is 23.8 Å². The lowest BCUT2D eigenvalue weighted by atomic mass is 10.2. The highest BCUT2D eigenvalue weighted by molar-refractivity contribution is 6.04. The highest BCUT2D eigenvalue weighted by Gasteiger charge is 2.18. The molecule has 6 heteroatoms. The Morgan fingerprint density at radius 1 is 1.23 bits per heavy atom. The molecule has 1 amide bonds. The number of imidazole rings is 1. The molecule has 1 N–H and O–H groups in total. The molecule has 0 aliphatic carbocycles. The molecular weight excluding hydrogens is 288 g/mol. The van der Waals surface area contributed by atoms with E-state index in [1.165, 1.54) is 0 Å². The number of aryl methyl sites for hydroxylation is 2. The summed E-state index contributed by atoms with van der Waals surface area (Å²) in [6, 6.07) is 6.58. The van der Waals surface area contributed by atoms with Crippen molar-refractivity contribution in [1.29, 1.82) is 0 Å². The molecule has 3 rings (SSSR count). The zero-order valence-electron chi connectivity index (χ0n) is 12.0. The molecule has 0 saturated carbocycles. The van der Waals surface area contributed by atoms with E-state index in [1.807, 2.05) is 13.0 Å². The lowest BCUT2D eigenvalue weighted by molar-refractivity contribution is 0.102. The lowest BCUT2D eigenvalue weighted by Crippen LogP contribution is -2.16. The summed E-state index contributed by atoms with van der Waals surface area (Å²) in [4.78, 5) is 16.8. The van der Waals surface area contributed by atoms with Gasteiger partial charge in [-0.25, -0.2) is 13.8 Å². The minimum Gasteiger partial charge on any atom is -0.318 e. The fraction of sp³-hybridized carbons (Fsp3) is 0.125. The van der Waals surface area contributed by atoms with Gasteiger partial charge in [0, 0.05) is 12.3 Å². The van der Waals surface area contributed by atoms with Crippen LogP contribution in [-0.2, 0) is 0 Å². The van der Waals surface area contributed by atoms with Crippen molar-refractivity contribution in [3.05, 3.63) is 65.1 Å². The van der Waals surface area contributed by atoms with Crippen LogP contribution >= 0.6 is 0 Å². The number of halogens is 2. The summed E-state index contributed by atoms with van der Waals surface area (Å²) in [6.07, 6.45) is 1.71. The van der Waals surface area contributed by atoms with Crippen LogP contribution in [0.25, 0.3) is 5.65 Å². The van der Waals surface area contributed by atoms with E-state index in [-0.39, 0.29) is 5.69 Å². The van der Waals surface area contributed by atoms with Crippen LogP contribution in [-0.4, -0.2) is 15.3 Å². The van der Waals surface area contributed by atoms with Gasteiger partial charge in [-0.05, 0) is 37.6 Å². The summed E-state index contributed by atoms with van der Waals surface area (Å²) in [5, 5.41) is 2.39. The van der Waals surface area contributed by atoms with Crippen LogP contribution in [0.2, 0.25) is 0 Å². The molecule has 0 radical (unpaired) electrons. The highest BCUT2D eigenvalue weighted by atomic mass is 19.1. The molecule has 2 heterocycles. The van der Waals surface area contributed by atoms with Gasteiger partial charge in [-0.2, -0.15) is 0 Å².